The van der Waals surface area contributed by atoms with Gasteiger partial charge < -0.3 is 14.6 Å². The normalized spacial score (nSPS) is 10.5. The number of aryl methyl sites for hydroxylation is 2. The molecule has 0 saturated heterocycles. The molecule has 3 rings (SSSR count). The molecule has 0 radical (unpaired) electrons. The molecule has 0 bridgehead atoms. The SMILES string of the molecule is COc1ccc(C(=O)Nc2ccc(-c3c(C)noc3C)cc2)cc1. The molecule has 0 aliphatic rings. The van der Waals surface area contributed by atoms with Crippen molar-refractivity contribution >= 4 is 11.6 Å². The van der Waals surface area contributed by atoms with Crippen LogP contribution in [0.1, 0.15) is 21.8 Å². The third-order valence-electron chi connectivity index (χ3n) is 3.82. The number of carbonyl (C=O) groups excluding carboxylic acids is 1. The number of anilines is 1. The van der Waals surface area contributed by atoms with E-state index in [2.05, 4.69) is 10.5 Å². The standard InChI is InChI=1S/C19H18N2O3/c1-12-18(13(2)24-21-12)14-4-8-16(9-5-14)20-19(22)15-6-10-17(23-3)11-7-15/h4-11H,1-3H3,(H,20,22). The lowest BCUT2D eigenvalue weighted by Gasteiger charge is -2.07. The highest BCUT2D eigenvalue weighted by atomic mass is 16.5. The van der Waals surface area contributed by atoms with Crippen LogP contribution in [-0.4, -0.2) is 18.2 Å². The van der Waals surface area contributed by atoms with Gasteiger partial charge in [-0.15, -0.1) is 0 Å². The summed E-state index contributed by atoms with van der Waals surface area (Å²) in [4.78, 5) is 12.3. The Hall–Kier alpha value is -3.08. The summed E-state index contributed by atoms with van der Waals surface area (Å²) in [6.07, 6.45) is 0. The number of benzene rings is 2. The Morgan fingerprint density at radius 3 is 2.25 bits per heavy atom. The molecule has 1 aromatic heterocycles. The molecule has 24 heavy (non-hydrogen) atoms. The van der Waals surface area contributed by atoms with E-state index in [1.807, 2.05) is 38.1 Å². The third-order valence-corrected chi connectivity index (χ3v) is 3.82. The Kier molecular flexibility index (Phi) is 4.33. The van der Waals surface area contributed by atoms with E-state index < -0.39 is 0 Å². The maximum absolute atomic E-state index is 12.3. The number of methoxy groups -OCH3 is 1. The van der Waals surface area contributed by atoms with Gasteiger partial charge in [0.2, 0.25) is 0 Å². The van der Waals surface area contributed by atoms with E-state index in [1.165, 1.54) is 0 Å². The summed E-state index contributed by atoms with van der Waals surface area (Å²) in [5, 5.41) is 6.84. The molecule has 1 heterocycles. The van der Waals surface area contributed by atoms with Gasteiger partial charge in [0.25, 0.3) is 5.91 Å². The van der Waals surface area contributed by atoms with Crippen molar-refractivity contribution in [1.29, 1.82) is 0 Å². The fraction of sp³-hybridized carbons (Fsp3) is 0.158. The van der Waals surface area contributed by atoms with Gasteiger partial charge in [-0.3, -0.25) is 4.79 Å². The molecule has 2 aromatic carbocycles. The Morgan fingerprint density at radius 2 is 1.71 bits per heavy atom. The van der Waals surface area contributed by atoms with Crippen molar-refractivity contribution in [3.63, 3.8) is 0 Å². The highest BCUT2D eigenvalue weighted by Crippen LogP contribution is 2.27. The molecular weight excluding hydrogens is 304 g/mol. The minimum absolute atomic E-state index is 0.164. The minimum atomic E-state index is -0.164. The zero-order valence-electron chi connectivity index (χ0n) is 13.8. The summed E-state index contributed by atoms with van der Waals surface area (Å²) in [7, 11) is 1.59. The molecule has 1 amide bonds. The Balaban J connectivity index is 1.75. The largest absolute Gasteiger partial charge is 0.497 e. The summed E-state index contributed by atoms with van der Waals surface area (Å²) in [5.74, 6) is 1.33. The minimum Gasteiger partial charge on any atom is -0.497 e. The molecule has 0 aliphatic heterocycles. The van der Waals surface area contributed by atoms with E-state index in [0.29, 0.717) is 5.56 Å². The lowest BCUT2D eigenvalue weighted by molar-refractivity contribution is 0.102. The van der Waals surface area contributed by atoms with Gasteiger partial charge in [-0.25, -0.2) is 0 Å². The smallest absolute Gasteiger partial charge is 0.255 e. The molecule has 5 heteroatoms. The van der Waals surface area contributed by atoms with Crippen molar-refractivity contribution in [2.45, 2.75) is 13.8 Å². The number of hydrogen-bond donors (Lipinski definition) is 1. The predicted octanol–water partition coefficient (Wildman–Crippen LogP) is 4.22. The Labute approximate surface area is 140 Å². The van der Waals surface area contributed by atoms with Crippen LogP contribution in [0.25, 0.3) is 11.1 Å². The quantitative estimate of drug-likeness (QED) is 0.781. The summed E-state index contributed by atoms with van der Waals surface area (Å²) in [6, 6.07) is 14.6. The fourth-order valence-corrected chi connectivity index (χ4v) is 2.56. The van der Waals surface area contributed by atoms with Crippen LogP contribution in [0, 0.1) is 13.8 Å². The van der Waals surface area contributed by atoms with Gasteiger partial charge in [0.15, 0.2) is 0 Å². The molecule has 1 N–H and O–H groups in total. The number of carbonyl (C=O) groups is 1. The molecule has 0 atom stereocenters. The molecular formula is C19H18N2O3. The second kappa shape index (κ2) is 6.58. The second-order valence-electron chi connectivity index (χ2n) is 5.46. The van der Waals surface area contributed by atoms with Gasteiger partial charge in [-0.05, 0) is 55.8 Å². The van der Waals surface area contributed by atoms with Gasteiger partial charge in [0.1, 0.15) is 11.5 Å². The number of hydrogen-bond acceptors (Lipinski definition) is 4. The number of aromatic nitrogens is 1. The number of nitrogens with zero attached hydrogens (tertiary/aromatic N) is 1. The number of ether oxygens (including phenoxy) is 1. The fourth-order valence-electron chi connectivity index (χ4n) is 2.56. The second-order valence-corrected chi connectivity index (χ2v) is 5.46. The van der Waals surface area contributed by atoms with Crippen molar-refractivity contribution in [3.05, 3.63) is 65.5 Å². The van der Waals surface area contributed by atoms with Crippen LogP contribution in [0.15, 0.2) is 53.1 Å². The summed E-state index contributed by atoms with van der Waals surface area (Å²) in [6.45, 7) is 3.79. The van der Waals surface area contributed by atoms with Crippen molar-refractivity contribution in [2.75, 3.05) is 12.4 Å². The first-order valence-corrected chi connectivity index (χ1v) is 7.57. The lowest BCUT2D eigenvalue weighted by atomic mass is 10.0. The van der Waals surface area contributed by atoms with Crippen LogP contribution in [0.2, 0.25) is 0 Å². The van der Waals surface area contributed by atoms with E-state index in [-0.39, 0.29) is 5.91 Å². The van der Waals surface area contributed by atoms with Crippen molar-refractivity contribution in [2.24, 2.45) is 0 Å². The third kappa shape index (κ3) is 3.15. The van der Waals surface area contributed by atoms with Crippen LogP contribution in [0.3, 0.4) is 0 Å². The Morgan fingerprint density at radius 1 is 1.04 bits per heavy atom. The van der Waals surface area contributed by atoms with Crippen LogP contribution >= 0.6 is 0 Å². The molecule has 0 unspecified atom stereocenters. The first-order valence-electron chi connectivity index (χ1n) is 7.57. The van der Waals surface area contributed by atoms with Crippen LogP contribution in [-0.2, 0) is 0 Å². The van der Waals surface area contributed by atoms with Gasteiger partial charge in [0, 0.05) is 16.8 Å². The average Bonchev–Trinajstić information content (AvgIpc) is 2.94. The van der Waals surface area contributed by atoms with Gasteiger partial charge in [-0.2, -0.15) is 0 Å². The predicted molar refractivity (Wildman–Crippen MR) is 92.4 cm³/mol. The maximum atomic E-state index is 12.3. The number of rotatable bonds is 4. The molecule has 3 aromatic rings. The highest BCUT2D eigenvalue weighted by Gasteiger charge is 2.12. The number of nitrogens with one attached hydrogen (secondary N) is 1. The molecule has 122 valence electrons. The molecule has 5 nitrogen and oxygen atoms in total. The van der Waals surface area contributed by atoms with Gasteiger partial charge >= 0.3 is 0 Å². The topological polar surface area (TPSA) is 64.4 Å². The first-order chi connectivity index (χ1) is 11.6. The number of amides is 1. The highest BCUT2D eigenvalue weighted by molar-refractivity contribution is 6.04. The van der Waals surface area contributed by atoms with Crippen molar-refractivity contribution in [3.8, 4) is 16.9 Å². The zero-order valence-corrected chi connectivity index (χ0v) is 13.8. The van der Waals surface area contributed by atoms with E-state index in [0.717, 1.165) is 34.0 Å². The molecule has 0 spiro atoms. The Bertz CT molecular complexity index is 830. The molecule has 0 aliphatic carbocycles. The van der Waals surface area contributed by atoms with E-state index in [1.54, 1.807) is 31.4 Å². The van der Waals surface area contributed by atoms with Crippen LogP contribution in [0.4, 0.5) is 5.69 Å². The van der Waals surface area contributed by atoms with Gasteiger partial charge in [0.05, 0.1) is 12.8 Å². The van der Waals surface area contributed by atoms with Gasteiger partial charge in [-0.1, -0.05) is 17.3 Å². The molecule has 0 saturated carbocycles. The zero-order chi connectivity index (χ0) is 17.1. The van der Waals surface area contributed by atoms with Crippen molar-refractivity contribution < 1.29 is 14.1 Å². The van der Waals surface area contributed by atoms with E-state index >= 15 is 0 Å². The van der Waals surface area contributed by atoms with E-state index in [9.17, 15) is 4.79 Å². The molecule has 0 fully saturated rings. The summed E-state index contributed by atoms with van der Waals surface area (Å²) >= 11 is 0. The average molecular weight is 322 g/mol. The van der Waals surface area contributed by atoms with Crippen molar-refractivity contribution in [1.82, 2.24) is 5.16 Å². The monoisotopic (exact) mass is 322 g/mol. The van der Waals surface area contributed by atoms with Crippen LogP contribution in [0.5, 0.6) is 5.75 Å². The summed E-state index contributed by atoms with van der Waals surface area (Å²) in [5.41, 5.74) is 4.15. The van der Waals surface area contributed by atoms with Crippen LogP contribution < -0.4 is 10.1 Å². The first kappa shape index (κ1) is 15.8. The summed E-state index contributed by atoms with van der Waals surface area (Å²) < 4.78 is 10.3. The maximum Gasteiger partial charge on any atom is 0.255 e. The lowest BCUT2D eigenvalue weighted by Crippen LogP contribution is -2.11. The van der Waals surface area contributed by atoms with E-state index in [4.69, 9.17) is 9.26 Å².